The third-order valence-corrected chi connectivity index (χ3v) is 4.94. The van der Waals surface area contributed by atoms with Crippen LogP contribution in [0.1, 0.15) is 11.3 Å². The first-order chi connectivity index (χ1) is 14.1. The SMILES string of the molecule is Cc1cc(NC(=O)/C=C/c2ccccc2)n(-c2nc(-c3ccc(F)cc3)cs2)n1. The Kier molecular flexibility index (Phi) is 5.31. The predicted octanol–water partition coefficient (Wildman–Crippen LogP) is 5.10. The number of halogens is 1. The van der Waals surface area contributed by atoms with Gasteiger partial charge in [0.15, 0.2) is 0 Å². The lowest BCUT2D eigenvalue weighted by Gasteiger charge is -2.04. The van der Waals surface area contributed by atoms with Crippen molar-refractivity contribution in [3.05, 3.63) is 89.2 Å². The van der Waals surface area contributed by atoms with Crippen molar-refractivity contribution >= 4 is 29.1 Å². The fraction of sp³-hybridized carbons (Fsp3) is 0.0455. The molecule has 144 valence electrons. The van der Waals surface area contributed by atoms with Crippen LogP contribution in [0.25, 0.3) is 22.5 Å². The number of benzene rings is 2. The molecule has 0 fully saturated rings. The first-order valence-electron chi connectivity index (χ1n) is 8.91. The van der Waals surface area contributed by atoms with E-state index in [9.17, 15) is 9.18 Å². The van der Waals surface area contributed by atoms with Crippen LogP contribution in [-0.2, 0) is 4.79 Å². The number of hydrogen-bond donors (Lipinski definition) is 1. The summed E-state index contributed by atoms with van der Waals surface area (Å²) in [6.45, 7) is 1.85. The summed E-state index contributed by atoms with van der Waals surface area (Å²) < 4.78 is 14.7. The van der Waals surface area contributed by atoms with E-state index in [1.165, 1.54) is 29.5 Å². The number of aryl methyl sites for hydroxylation is 1. The Hall–Kier alpha value is -3.58. The molecule has 29 heavy (non-hydrogen) atoms. The van der Waals surface area contributed by atoms with Crippen LogP contribution < -0.4 is 5.32 Å². The summed E-state index contributed by atoms with van der Waals surface area (Å²) in [4.78, 5) is 16.9. The molecule has 1 N–H and O–H groups in total. The molecule has 0 aliphatic rings. The zero-order valence-electron chi connectivity index (χ0n) is 15.5. The summed E-state index contributed by atoms with van der Waals surface area (Å²) in [6, 6.07) is 17.5. The molecular formula is C22H17FN4OS. The summed E-state index contributed by atoms with van der Waals surface area (Å²) in [5.74, 6) is -0.0176. The molecule has 2 aromatic heterocycles. The molecule has 5 nitrogen and oxygen atoms in total. The number of hydrogen-bond acceptors (Lipinski definition) is 4. The number of carbonyl (C=O) groups excluding carboxylic acids is 1. The molecule has 0 saturated heterocycles. The molecule has 0 aliphatic heterocycles. The third kappa shape index (κ3) is 4.47. The lowest BCUT2D eigenvalue weighted by molar-refractivity contribution is -0.111. The molecule has 0 radical (unpaired) electrons. The molecular weight excluding hydrogens is 387 g/mol. The van der Waals surface area contributed by atoms with Crippen LogP contribution in [0.2, 0.25) is 0 Å². The average molecular weight is 404 g/mol. The minimum atomic E-state index is -0.291. The van der Waals surface area contributed by atoms with Crippen LogP contribution in [-0.4, -0.2) is 20.7 Å². The number of rotatable bonds is 5. The zero-order chi connectivity index (χ0) is 20.2. The van der Waals surface area contributed by atoms with Crippen molar-refractivity contribution in [3.8, 4) is 16.4 Å². The maximum atomic E-state index is 13.1. The fourth-order valence-corrected chi connectivity index (χ4v) is 3.55. The van der Waals surface area contributed by atoms with E-state index in [2.05, 4.69) is 15.4 Å². The number of nitrogens with one attached hydrogen (secondary N) is 1. The molecule has 1 amide bonds. The topological polar surface area (TPSA) is 59.8 Å². The van der Waals surface area contributed by atoms with Crippen LogP contribution in [0.3, 0.4) is 0 Å². The summed E-state index contributed by atoms with van der Waals surface area (Å²) in [5.41, 5.74) is 3.23. The van der Waals surface area contributed by atoms with Gasteiger partial charge in [0.05, 0.1) is 11.4 Å². The molecule has 2 heterocycles. The van der Waals surface area contributed by atoms with E-state index in [1.807, 2.05) is 42.6 Å². The van der Waals surface area contributed by atoms with E-state index in [0.717, 1.165) is 22.5 Å². The zero-order valence-corrected chi connectivity index (χ0v) is 16.4. The second-order valence-electron chi connectivity index (χ2n) is 6.34. The Morgan fingerprint density at radius 3 is 2.66 bits per heavy atom. The Balaban J connectivity index is 1.55. The van der Waals surface area contributed by atoms with Gasteiger partial charge >= 0.3 is 0 Å². The Bertz CT molecular complexity index is 1160. The molecule has 0 aliphatic carbocycles. The number of anilines is 1. The number of amides is 1. The van der Waals surface area contributed by atoms with E-state index in [-0.39, 0.29) is 11.7 Å². The van der Waals surface area contributed by atoms with Gasteiger partial charge in [-0.2, -0.15) is 9.78 Å². The molecule has 4 aromatic rings. The maximum Gasteiger partial charge on any atom is 0.249 e. The number of thiazole rings is 1. The van der Waals surface area contributed by atoms with Crippen molar-refractivity contribution in [1.82, 2.24) is 14.8 Å². The van der Waals surface area contributed by atoms with Gasteiger partial charge in [-0.25, -0.2) is 9.37 Å². The molecule has 0 bridgehead atoms. The average Bonchev–Trinajstić information content (AvgIpc) is 3.34. The van der Waals surface area contributed by atoms with Gasteiger partial charge in [-0.15, -0.1) is 11.3 Å². The summed E-state index contributed by atoms with van der Waals surface area (Å²) in [6.07, 6.45) is 3.23. The van der Waals surface area contributed by atoms with Gasteiger partial charge in [0.2, 0.25) is 11.0 Å². The highest BCUT2D eigenvalue weighted by atomic mass is 32.1. The summed E-state index contributed by atoms with van der Waals surface area (Å²) in [7, 11) is 0. The van der Waals surface area contributed by atoms with Gasteiger partial charge in [-0.05, 0) is 42.8 Å². The Morgan fingerprint density at radius 1 is 1.14 bits per heavy atom. The lowest BCUT2D eigenvalue weighted by Crippen LogP contribution is -2.12. The Labute approximate surface area is 171 Å². The van der Waals surface area contributed by atoms with Gasteiger partial charge < -0.3 is 5.32 Å². The van der Waals surface area contributed by atoms with E-state index in [1.54, 1.807) is 29.0 Å². The Morgan fingerprint density at radius 2 is 1.90 bits per heavy atom. The van der Waals surface area contributed by atoms with Crippen molar-refractivity contribution in [2.24, 2.45) is 0 Å². The molecule has 7 heteroatoms. The summed E-state index contributed by atoms with van der Waals surface area (Å²) >= 11 is 1.39. The van der Waals surface area contributed by atoms with Crippen LogP contribution >= 0.6 is 11.3 Å². The first kappa shape index (κ1) is 18.8. The molecule has 0 saturated carbocycles. The van der Waals surface area contributed by atoms with Crippen molar-refractivity contribution in [2.75, 3.05) is 5.32 Å². The second-order valence-corrected chi connectivity index (χ2v) is 7.17. The minimum absolute atomic E-state index is 0.259. The fourth-order valence-electron chi connectivity index (χ4n) is 2.75. The van der Waals surface area contributed by atoms with Gasteiger partial charge in [0.25, 0.3) is 0 Å². The van der Waals surface area contributed by atoms with Crippen molar-refractivity contribution in [3.63, 3.8) is 0 Å². The normalized spacial score (nSPS) is 11.1. The molecule has 0 atom stereocenters. The van der Waals surface area contributed by atoms with Crippen LogP contribution in [0.15, 0.2) is 72.1 Å². The lowest BCUT2D eigenvalue weighted by atomic mass is 10.2. The van der Waals surface area contributed by atoms with Crippen LogP contribution in [0, 0.1) is 12.7 Å². The van der Waals surface area contributed by atoms with Gasteiger partial charge in [-0.3, -0.25) is 4.79 Å². The van der Waals surface area contributed by atoms with E-state index in [4.69, 9.17) is 0 Å². The smallest absolute Gasteiger partial charge is 0.249 e. The predicted molar refractivity (Wildman–Crippen MR) is 113 cm³/mol. The highest BCUT2D eigenvalue weighted by Crippen LogP contribution is 2.26. The van der Waals surface area contributed by atoms with Gasteiger partial charge in [-0.1, -0.05) is 30.3 Å². The monoisotopic (exact) mass is 404 g/mol. The van der Waals surface area contributed by atoms with Gasteiger partial charge in [0, 0.05) is 23.1 Å². The van der Waals surface area contributed by atoms with E-state index in [0.29, 0.717) is 10.9 Å². The number of carbonyl (C=O) groups is 1. The number of aromatic nitrogens is 3. The molecule has 0 spiro atoms. The second kappa shape index (κ2) is 8.20. The summed E-state index contributed by atoms with van der Waals surface area (Å²) in [5, 5.41) is 9.77. The molecule has 4 rings (SSSR count). The van der Waals surface area contributed by atoms with E-state index < -0.39 is 0 Å². The van der Waals surface area contributed by atoms with E-state index >= 15 is 0 Å². The molecule has 0 unspecified atom stereocenters. The molecule has 2 aromatic carbocycles. The van der Waals surface area contributed by atoms with Gasteiger partial charge in [0.1, 0.15) is 11.6 Å². The highest BCUT2D eigenvalue weighted by Gasteiger charge is 2.13. The minimum Gasteiger partial charge on any atom is -0.307 e. The van der Waals surface area contributed by atoms with Crippen molar-refractivity contribution in [1.29, 1.82) is 0 Å². The van der Waals surface area contributed by atoms with Crippen molar-refractivity contribution in [2.45, 2.75) is 6.92 Å². The third-order valence-electron chi connectivity index (χ3n) is 4.12. The quantitative estimate of drug-likeness (QED) is 0.471. The standard InChI is InChI=1S/C22H17FN4OS/c1-15-13-20(25-21(28)12-7-16-5-3-2-4-6-16)27(26-15)22-24-19(14-29-22)17-8-10-18(23)11-9-17/h2-14H,1H3,(H,25,28)/b12-7+. The first-order valence-corrected chi connectivity index (χ1v) is 9.79. The van der Waals surface area contributed by atoms with Crippen molar-refractivity contribution < 1.29 is 9.18 Å². The largest absolute Gasteiger partial charge is 0.307 e. The highest BCUT2D eigenvalue weighted by molar-refractivity contribution is 7.12. The maximum absolute atomic E-state index is 13.1. The van der Waals surface area contributed by atoms with Crippen LogP contribution in [0.4, 0.5) is 10.2 Å². The van der Waals surface area contributed by atoms with Crippen LogP contribution in [0.5, 0.6) is 0 Å². The number of nitrogens with zero attached hydrogens (tertiary/aromatic N) is 3.